The average Bonchev–Trinajstić information content (AvgIpc) is 2.88. The standard InChI is InChI=1S/2C8H10N3.C3H5F3O3S.C2H5Br.CHF3O3S.4CH4.BrH/c2*1-10(2)8-3-5-11(7-9)6-4-8;1-2-9-10(7,8)3(4,5)6;1-2-3;2-1(3,4)8(5,6)7;;;;;/h2*3-6H,1-2H3;2H2,1H3;2H2,1H3;(H,5,6,7);4*1H4;1H/q2*+1;;;;;;;;/p-2. The van der Waals surface area contributed by atoms with E-state index in [1.807, 2.05) is 81.6 Å². The molecular weight excluding hydrogens is 830 g/mol. The lowest BCUT2D eigenvalue weighted by Gasteiger charge is -2.09. The van der Waals surface area contributed by atoms with Crippen molar-refractivity contribution in [2.24, 2.45) is 0 Å². The van der Waals surface area contributed by atoms with E-state index in [1.165, 1.54) is 9.13 Å². The highest BCUT2D eigenvalue weighted by atomic mass is 79.9. The Kier molecular flexibility index (Phi) is 40.3. The summed E-state index contributed by atoms with van der Waals surface area (Å²) in [6, 6.07) is 7.57. The van der Waals surface area contributed by atoms with Gasteiger partial charge in [-0.25, -0.2) is 8.42 Å². The molecule has 2 aromatic heterocycles. The first-order chi connectivity index (χ1) is 19.4. The number of nitrogens with zero attached hydrogens (tertiary/aromatic N) is 6. The molecule has 0 atom stereocenters. The maximum Gasteiger partial charge on any atom is 0.523 e. The van der Waals surface area contributed by atoms with Gasteiger partial charge in [-0.05, 0) is 6.92 Å². The molecule has 0 radical (unpaired) electrons. The van der Waals surface area contributed by atoms with E-state index in [9.17, 15) is 34.8 Å². The Morgan fingerprint density at radius 1 is 0.750 bits per heavy atom. The SMILES string of the molecule is C.C.C.C.CCBr.CCOS(=O)(=O)C(F)(F)F.CN(C)c1cc[n+](C#N)cc1.CN(C)c1cc[n+](C#N)cc1.O=S(=O)([O-])C(F)(F)F.[Br-]. The fourth-order valence-electron chi connectivity index (χ4n) is 1.79. The monoisotopic (exact) mass is 874 g/mol. The second-order valence-corrected chi connectivity index (χ2v) is 11.5. The van der Waals surface area contributed by atoms with Gasteiger partial charge in [0, 0.05) is 69.2 Å². The molecule has 0 aliphatic carbocycles. The molecule has 22 heteroatoms. The second-order valence-electron chi connectivity index (χ2n) is 7.39. The summed E-state index contributed by atoms with van der Waals surface area (Å²) in [5, 5.41) is 18.0. The number of alkyl halides is 7. The lowest BCUT2D eigenvalue weighted by Crippen LogP contribution is -3.00. The molecule has 0 aliphatic rings. The Hall–Kier alpha value is -2.76. The lowest BCUT2D eigenvalue weighted by molar-refractivity contribution is -0.586. The molecule has 0 N–H and O–H groups in total. The summed E-state index contributed by atoms with van der Waals surface area (Å²) in [6.45, 7) is 2.69. The molecule has 0 fully saturated rings. The number of halogens is 8. The highest BCUT2D eigenvalue weighted by Gasteiger charge is 2.46. The second kappa shape index (κ2) is 30.3. The predicted octanol–water partition coefficient (Wildman–Crippen LogP) is 2.61. The van der Waals surface area contributed by atoms with Gasteiger partial charge in [0.05, 0.1) is 6.61 Å². The predicted molar refractivity (Wildman–Crippen MR) is 173 cm³/mol. The molecule has 0 unspecified atom stereocenters. The minimum Gasteiger partial charge on any atom is -1.00 e. The average molecular weight is 877 g/mol. The zero-order valence-corrected chi connectivity index (χ0v) is 28.8. The van der Waals surface area contributed by atoms with E-state index in [2.05, 4.69) is 20.1 Å². The van der Waals surface area contributed by atoms with Gasteiger partial charge < -0.3 is 31.3 Å². The highest BCUT2D eigenvalue weighted by molar-refractivity contribution is 9.09. The van der Waals surface area contributed by atoms with Crippen molar-refractivity contribution < 1.29 is 78.0 Å². The maximum atomic E-state index is 11.3. The van der Waals surface area contributed by atoms with Gasteiger partial charge in [-0.3, -0.25) is 4.18 Å². The molecule has 0 aliphatic heterocycles. The first-order valence-electron chi connectivity index (χ1n) is 11.2. The van der Waals surface area contributed by atoms with Crippen LogP contribution in [0, 0.1) is 22.9 Å². The largest absolute Gasteiger partial charge is 1.00 e. The van der Waals surface area contributed by atoms with Gasteiger partial charge in [-0.2, -0.15) is 34.8 Å². The zero-order chi connectivity index (χ0) is 34.7. The van der Waals surface area contributed by atoms with Crippen LogP contribution in [0.25, 0.3) is 0 Å². The number of hydrogen-bond donors (Lipinski definition) is 0. The molecular formula is C26H46Br2F6N6O6S2. The zero-order valence-electron chi connectivity index (χ0n) is 24.0. The Balaban J connectivity index is -0.0000000701. The minimum absolute atomic E-state index is 0. The molecule has 48 heavy (non-hydrogen) atoms. The molecule has 284 valence electrons. The molecule has 12 nitrogen and oxygen atoms in total. The summed E-state index contributed by atoms with van der Waals surface area (Å²) in [5.74, 6) is 0. The fourth-order valence-corrected chi connectivity index (χ4v) is 2.23. The molecule has 0 aromatic carbocycles. The Labute approximate surface area is 300 Å². The third-order valence-electron chi connectivity index (χ3n) is 3.73. The van der Waals surface area contributed by atoms with Crippen molar-refractivity contribution in [2.75, 3.05) is 49.9 Å². The number of aromatic nitrogens is 2. The van der Waals surface area contributed by atoms with Crippen molar-refractivity contribution in [1.82, 2.24) is 0 Å². The molecule has 0 spiro atoms. The molecule has 2 rings (SSSR count). The third-order valence-corrected chi connectivity index (χ3v) is 5.41. The van der Waals surface area contributed by atoms with Crippen LogP contribution in [-0.4, -0.2) is 72.5 Å². The van der Waals surface area contributed by atoms with Crippen LogP contribution >= 0.6 is 15.9 Å². The summed E-state index contributed by atoms with van der Waals surface area (Å²) in [6.07, 6.45) is 10.9. The van der Waals surface area contributed by atoms with E-state index in [0.29, 0.717) is 0 Å². The lowest BCUT2D eigenvalue weighted by atomic mass is 10.4. The van der Waals surface area contributed by atoms with E-state index >= 15 is 0 Å². The van der Waals surface area contributed by atoms with Gasteiger partial charge in [0.1, 0.15) is 24.8 Å². The quantitative estimate of drug-likeness (QED) is 0.112. The van der Waals surface area contributed by atoms with Crippen molar-refractivity contribution in [3.8, 4) is 12.4 Å². The first-order valence-corrected chi connectivity index (χ1v) is 15.1. The Bertz CT molecular complexity index is 1310. The number of rotatable bonds is 4. The van der Waals surface area contributed by atoms with Crippen LogP contribution in [0.15, 0.2) is 49.1 Å². The fraction of sp³-hybridized carbons (Fsp3) is 0.538. The maximum absolute atomic E-state index is 11.3. The van der Waals surface area contributed by atoms with Gasteiger partial charge in [-0.15, -0.1) is 9.13 Å². The summed E-state index contributed by atoms with van der Waals surface area (Å²) >= 11 is 3.15. The van der Waals surface area contributed by atoms with Gasteiger partial charge in [0.25, 0.3) is 0 Å². The van der Waals surface area contributed by atoms with Gasteiger partial charge in [0.15, 0.2) is 20.6 Å². The number of anilines is 2. The number of hydrogen-bond acceptors (Lipinski definition) is 10. The van der Waals surface area contributed by atoms with Crippen molar-refractivity contribution in [1.29, 1.82) is 10.5 Å². The van der Waals surface area contributed by atoms with Gasteiger partial charge >= 0.3 is 33.5 Å². The smallest absolute Gasteiger partial charge is 0.523 e. The molecule has 0 saturated carbocycles. The van der Waals surface area contributed by atoms with E-state index < -0.39 is 37.9 Å². The molecule has 0 amide bonds. The molecule has 0 bridgehead atoms. The van der Waals surface area contributed by atoms with E-state index in [0.717, 1.165) is 23.6 Å². The van der Waals surface area contributed by atoms with Crippen molar-refractivity contribution in [3.63, 3.8) is 0 Å². The summed E-state index contributed by atoms with van der Waals surface area (Å²) in [7, 11) is -3.58. The number of nitriles is 2. The normalized spacial score (nSPS) is 9.58. The van der Waals surface area contributed by atoms with E-state index in [4.69, 9.17) is 23.5 Å². The van der Waals surface area contributed by atoms with Crippen molar-refractivity contribution in [3.05, 3.63) is 49.1 Å². The van der Waals surface area contributed by atoms with E-state index in [-0.39, 0.29) is 46.7 Å². The summed E-state index contributed by atoms with van der Waals surface area (Å²) < 4.78 is 119. The highest BCUT2D eigenvalue weighted by Crippen LogP contribution is 2.24. The van der Waals surface area contributed by atoms with Crippen LogP contribution in [0.1, 0.15) is 43.6 Å². The van der Waals surface area contributed by atoms with Crippen LogP contribution in [-0.2, 0) is 24.4 Å². The van der Waals surface area contributed by atoms with Crippen LogP contribution in [0.4, 0.5) is 37.7 Å². The van der Waals surface area contributed by atoms with Crippen LogP contribution in [0.2, 0.25) is 0 Å². The summed E-state index contributed by atoms with van der Waals surface area (Å²) in [4.78, 5) is 3.98. The first kappa shape index (κ1) is 63.8. The Morgan fingerprint density at radius 3 is 1.08 bits per heavy atom. The number of pyridine rings is 2. The van der Waals surface area contributed by atoms with Crippen LogP contribution in [0.3, 0.4) is 0 Å². The van der Waals surface area contributed by atoms with Gasteiger partial charge in [-0.1, -0.05) is 52.6 Å². The molecule has 2 heterocycles. The van der Waals surface area contributed by atoms with Crippen molar-refractivity contribution in [2.45, 2.75) is 54.6 Å². The van der Waals surface area contributed by atoms with Crippen LogP contribution < -0.4 is 35.9 Å². The Morgan fingerprint density at radius 2 is 0.979 bits per heavy atom. The molecule has 2 aromatic rings. The minimum atomic E-state index is -6.09. The van der Waals surface area contributed by atoms with Crippen molar-refractivity contribution >= 4 is 47.5 Å². The third kappa shape index (κ3) is 29.4. The van der Waals surface area contributed by atoms with Gasteiger partial charge in [0.2, 0.25) is 0 Å². The van der Waals surface area contributed by atoms with E-state index in [1.54, 1.807) is 24.8 Å². The molecule has 0 saturated heterocycles. The summed E-state index contributed by atoms with van der Waals surface area (Å²) in [5.41, 5.74) is -8.76. The van der Waals surface area contributed by atoms with Crippen LogP contribution in [0.5, 0.6) is 0 Å². The topological polar surface area (TPSA) is 162 Å².